The number of rotatable bonds is 6. The Labute approximate surface area is 127 Å². The van der Waals surface area contributed by atoms with Gasteiger partial charge in [0.25, 0.3) is 0 Å². The molecule has 0 amide bonds. The Balaban J connectivity index is 1.68. The van der Waals surface area contributed by atoms with E-state index in [0.29, 0.717) is 29.9 Å². The summed E-state index contributed by atoms with van der Waals surface area (Å²) >= 11 is 0. The molecule has 118 valence electrons. The minimum absolute atomic E-state index is 0.366. The molecule has 5 nitrogen and oxygen atoms in total. The third kappa shape index (κ3) is 3.49. The number of hydrogen-bond donors (Lipinski definition) is 2. The molecule has 0 spiro atoms. The predicted molar refractivity (Wildman–Crippen MR) is 82.4 cm³/mol. The van der Waals surface area contributed by atoms with Crippen LogP contribution in [0.3, 0.4) is 0 Å². The molecule has 3 rings (SSSR count). The summed E-state index contributed by atoms with van der Waals surface area (Å²) in [5.74, 6) is 0.494. The van der Waals surface area contributed by atoms with Crippen LogP contribution < -0.4 is 10.5 Å². The first-order valence-corrected chi connectivity index (χ1v) is 9.49. The Hall–Kier alpha value is -0.850. The van der Waals surface area contributed by atoms with Crippen molar-refractivity contribution in [2.45, 2.75) is 62.4 Å². The summed E-state index contributed by atoms with van der Waals surface area (Å²) in [7, 11) is -3.40. The zero-order chi connectivity index (χ0) is 14.9. The Morgan fingerprint density at radius 3 is 2.52 bits per heavy atom. The van der Waals surface area contributed by atoms with E-state index in [9.17, 15) is 8.42 Å². The lowest BCUT2D eigenvalue weighted by Gasteiger charge is -2.21. The molecule has 2 saturated carbocycles. The van der Waals surface area contributed by atoms with Gasteiger partial charge in [-0.3, -0.25) is 0 Å². The second-order valence-electron chi connectivity index (χ2n) is 6.37. The normalized spacial score (nSPS) is 20.8. The molecule has 0 aliphatic heterocycles. The molecule has 0 unspecified atom stereocenters. The van der Waals surface area contributed by atoms with Crippen molar-refractivity contribution in [3.63, 3.8) is 0 Å². The molecule has 2 aliphatic carbocycles. The highest BCUT2D eigenvalue weighted by molar-refractivity contribution is 7.89. The van der Waals surface area contributed by atoms with Gasteiger partial charge < -0.3 is 10.3 Å². The van der Waals surface area contributed by atoms with Crippen molar-refractivity contribution < 1.29 is 8.42 Å². The maximum Gasteiger partial charge on any atom is 0.242 e. The van der Waals surface area contributed by atoms with Gasteiger partial charge in [-0.25, -0.2) is 13.1 Å². The molecule has 1 aromatic rings. The van der Waals surface area contributed by atoms with Crippen molar-refractivity contribution in [3.8, 4) is 0 Å². The van der Waals surface area contributed by atoms with Crippen molar-refractivity contribution in [1.82, 2.24) is 9.29 Å². The lowest BCUT2D eigenvalue weighted by atomic mass is 9.90. The number of nitrogens with one attached hydrogen (secondary N) is 1. The molecule has 0 aromatic carbocycles. The molecule has 3 N–H and O–H groups in total. The van der Waals surface area contributed by atoms with Crippen LogP contribution in [0.4, 0.5) is 0 Å². The van der Waals surface area contributed by atoms with E-state index in [2.05, 4.69) is 4.72 Å². The topological polar surface area (TPSA) is 77.1 Å². The maximum atomic E-state index is 12.4. The van der Waals surface area contributed by atoms with Crippen LogP contribution in [0, 0.1) is 5.92 Å². The Bertz CT molecular complexity index is 584. The second-order valence-corrected chi connectivity index (χ2v) is 8.13. The molecule has 1 heterocycles. The summed E-state index contributed by atoms with van der Waals surface area (Å²) in [6.07, 6.45) is 10.0. The maximum absolute atomic E-state index is 12.4. The van der Waals surface area contributed by atoms with Gasteiger partial charge in [0.05, 0.1) is 4.90 Å². The van der Waals surface area contributed by atoms with Gasteiger partial charge in [0, 0.05) is 31.0 Å². The van der Waals surface area contributed by atoms with Gasteiger partial charge in [0.2, 0.25) is 10.0 Å². The predicted octanol–water partition coefficient (Wildman–Crippen LogP) is 2.14. The third-order valence-corrected chi connectivity index (χ3v) is 6.04. The van der Waals surface area contributed by atoms with Crippen molar-refractivity contribution in [2.75, 3.05) is 6.54 Å². The van der Waals surface area contributed by atoms with Gasteiger partial charge in [-0.2, -0.15) is 0 Å². The number of nitrogens with zero attached hydrogens (tertiary/aromatic N) is 1. The van der Waals surface area contributed by atoms with Gasteiger partial charge in [0.1, 0.15) is 0 Å². The molecule has 0 atom stereocenters. The van der Waals surface area contributed by atoms with E-state index >= 15 is 0 Å². The smallest absolute Gasteiger partial charge is 0.242 e. The molecule has 6 heteroatoms. The first-order valence-electron chi connectivity index (χ1n) is 8.00. The van der Waals surface area contributed by atoms with Gasteiger partial charge >= 0.3 is 0 Å². The summed E-state index contributed by atoms with van der Waals surface area (Å²) in [5.41, 5.74) is 6.64. The summed E-state index contributed by atoms with van der Waals surface area (Å²) in [6, 6.07) is 2.17. The van der Waals surface area contributed by atoms with Crippen LogP contribution in [-0.2, 0) is 16.6 Å². The highest BCUT2D eigenvalue weighted by Gasteiger charge is 2.28. The molecule has 0 saturated heterocycles. The van der Waals surface area contributed by atoms with Crippen LogP contribution in [0.5, 0.6) is 0 Å². The molecule has 0 bridgehead atoms. The first kappa shape index (κ1) is 15.1. The zero-order valence-corrected chi connectivity index (χ0v) is 13.2. The second kappa shape index (κ2) is 6.10. The molecular weight excluding hydrogens is 286 g/mol. The average Bonchev–Trinajstić information content (AvgIpc) is 3.24. The highest BCUT2D eigenvalue weighted by Crippen LogP contribution is 2.37. The van der Waals surface area contributed by atoms with Crippen molar-refractivity contribution in [3.05, 3.63) is 18.0 Å². The third-order valence-electron chi connectivity index (χ3n) is 4.65. The van der Waals surface area contributed by atoms with Crippen molar-refractivity contribution in [2.24, 2.45) is 11.7 Å². The number of hydrogen-bond acceptors (Lipinski definition) is 3. The summed E-state index contributed by atoms with van der Waals surface area (Å²) in [4.78, 5) is 0.366. The fourth-order valence-corrected chi connectivity index (χ4v) is 4.37. The van der Waals surface area contributed by atoms with Crippen LogP contribution in [0.15, 0.2) is 17.2 Å². The molecule has 0 radical (unpaired) electrons. The minimum atomic E-state index is -3.40. The van der Waals surface area contributed by atoms with Gasteiger partial charge in [-0.1, -0.05) is 19.3 Å². The van der Waals surface area contributed by atoms with Crippen molar-refractivity contribution >= 4 is 10.0 Å². The average molecular weight is 311 g/mol. The molecule has 21 heavy (non-hydrogen) atoms. The van der Waals surface area contributed by atoms with E-state index < -0.39 is 10.0 Å². The fraction of sp³-hybridized carbons (Fsp3) is 0.733. The molecule has 2 aliphatic rings. The highest BCUT2D eigenvalue weighted by atomic mass is 32.2. The van der Waals surface area contributed by atoms with Crippen LogP contribution >= 0.6 is 0 Å². The number of nitrogens with two attached hydrogens (primary N) is 1. The quantitative estimate of drug-likeness (QED) is 0.845. The summed E-state index contributed by atoms with van der Waals surface area (Å²) < 4.78 is 29.7. The zero-order valence-electron chi connectivity index (χ0n) is 12.4. The Morgan fingerprint density at radius 2 is 1.90 bits per heavy atom. The molecular formula is C15H25N3O2S. The number of aromatic nitrogens is 1. The largest absolute Gasteiger partial charge is 0.346 e. The lowest BCUT2D eigenvalue weighted by Crippen LogP contribution is -2.30. The van der Waals surface area contributed by atoms with E-state index in [1.54, 1.807) is 12.3 Å². The Kier molecular flexibility index (Phi) is 4.38. The van der Waals surface area contributed by atoms with Crippen LogP contribution in [0.25, 0.3) is 0 Å². The monoisotopic (exact) mass is 311 g/mol. The van der Waals surface area contributed by atoms with E-state index in [4.69, 9.17) is 5.73 Å². The number of sulfonamides is 1. The van der Waals surface area contributed by atoms with Gasteiger partial charge in [0.15, 0.2) is 0 Å². The summed E-state index contributed by atoms with van der Waals surface area (Å²) in [6.45, 7) is 0.948. The summed E-state index contributed by atoms with van der Waals surface area (Å²) in [5, 5.41) is 0. The van der Waals surface area contributed by atoms with Crippen LogP contribution in [0.1, 0.15) is 56.7 Å². The first-order chi connectivity index (χ1) is 10.1. The van der Waals surface area contributed by atoms with E-state index in [1.807, 2.05) is 4.57 Å². The van der Waals surface area contributed by atoms with Crippen LogP contribution in [-0.4, -0.2) is 19.5 Å². The van der Waals surface area contributed by atoms with Gasteiger partial charge in [-0.05, 0) is 37.7 Å². The Morgan fingerprint density at radius 1 is 1.19 bits per heavy atom. The van der Waals surface area contributed by atoms with Gasteiger partial charge in [-0.15, -0.1) is 0 Å². The standard InChI is InChI=1S/C15H25N3O2S/c16-9-14-8-15(11-18(14)13-6-7-13)21(19,20)17-10-12-4-2-1-3-5-12/h8,11-13,17H,1-7,9-10,16H2. The van der Waals surface area contributed by atoms with Crippen molar-refractivity contribution in [1.29, 1.82) is 0 Å². The molecule has 1 aromatic heterocycles. The van der Waals surface area contributed by atoms with E-state index in [0.717, 1.165) is 31.4 Å². The SMILES string of the molecule is NCc1cc(S(=O)(=O)NCC2CCCCC2)cn1C1CC1. The lowest BCUT2D eigenvalue weighted by molar-refractivity contribution is 0.357. The fourth-order valence-electron chi connectivity index (χ4n) is 3.20. The van der Waals surface area contributed by atoms with E-state index in [1.165, 1.54) is 19.3 Å². The van der Waals surface area contributed by atoms with Crippen LogP contribution in [0.2, 0.25) is 0 Å². The minimum Gasteiger partial charge on any atom is -0.346 e. The molecule has 2 fully saturated rings. The van der Waals surface area contributed by atoms with E-state index in [-0.39, 0.29) is 0 Å².